The first-order valence-corrected chi connectivity index (χ1v) is 6.49. The van der Waals surface area contributed by atoms with E-state index in [1.165, 1.54) is 6.07 Å². The largest absolute Gasteiger partial charge is 0.504 e. The van der Waals surface area contributed by atoms with Crippen molar-refractivity contribution in [2.75, 3.05) is 32.7 Å². The third-order valence-electron chi connectivity index (χ3n) is 3.36. The van der Waals surface area contributed by atoms with E-state index in [0.717, 1.165) is 38.3 Å². The molecular formula is C14H20N2O3. The molecule has 0 unspecified atom stereocenters. The summed E-state index contributed by atoms with van der Waals surface area (Å²) in [5.74, 6) is 0.0413. The van der Waals surface area contributed by atoms with Crippen LogP contribution in [0.25, 0.3) is 0 Å². The zero-order valence-corrected chi connectivity index (χ0v) is 11.2. The van der Waals surface area contributed by atoms with Gasteiger partial charge in [0, 0.05) is 32.7 Å². The van der Waals surface area contributed by atoms with Gasteiger partial charge in [0.2, 0.25) is 0 Å². The van der Waals surface area contributed by atoms with E-state index in [4.69, 9.17) is 0 Å². The summed E-state index contributed by atoms with van der Waals surface area (Å²) in [4.78, 5) is 15.5. The fourth-order valence-electron chi connectivity index (χ4n) is 2.35. The number of carbonyl (C=O) groups excluding carboxylic acids is 1. The number of phenolic OH excluding ortho intramolecular Hbond substituents is 2. The highest BCUT2D eigenvalue weighted by Gasteiger charge is 2.17. The molecule has 2 N–H and O–H groups in total. The van der Waals surface area contributed by atoms with Crippen LogP contribution in [0.5, 0.6) is 11.5 Å². The molecule has 5 heteroatoms. The number of carbonyl (C=O) groups is 1. The molecule has 2 rings (SSSR count). The Morgan fingerprint density at radius 2 is 1.74 bits per heavy atom. The van der Waals surface area contributed by atoms with E-state index in [9.17, 15) is 15.0 Å². The minimum Gasteiger partial charge on any atom is -0.504 e. The molecule has 1 aliphatic rings. The van der Waals surface area contributed by atoms with E-state index >= 15 is 0 Å². The normalized spacial score (nSPS) is 17.5. The topological polar surface area (TPSA) is 64.0 Å². The van der Waals surface area contributed by atoms with Gasteiger partial charge in [-0.15, -0.1) is 0 Å². The van der Waals surface area contributed by atoms with Crippen LogP contribution in [0.15, 0.2) is 18.2 Å². The molecule has 1 heterocycles. The quantitative estimate of drug-likeness (QED) is 0.788. The van der Waals surface area contributed by atoms with Crippen molar-refractivity contribution in [3.8, 4) is 11.5 Å². The summed E-state index contributed by atoms with van der Waals surface area (Å²) in [6.07, 6.45) is 0. The Morgan fingerprint density at radius 1 is 1.11 bits per heavy atom. The van der Waals surface area contributed by atoms with Crippen LogP contribution in [0.4, 0.5) is 0 Å². The molecule has 0 spiro atoms. The molecule has 0 amide bonds. The number of hydrogen-bond acceptors (Lipinski definition) is 5. The van der Waals surface area contributed by atoms with E-state index in [2.05, 4.69) is 9.80 Å². The van der Waals surface area contributed by atoms with Gasteiger partial charge in [-0.3, -0.25) is 14.6 Å². The van der Waals surface area contributed by atoms with Crippen LogP contribution in [0.3, 0.4) is 0 Å². The second kappa shape index (κ2) is 6.04. The maximum Gasteiger partial charge on any atom is 0.157 e. The lowest BCUT2D eigenvalue weighted by Crippen LogP contribution is -2.47. The van der Waals surface area contributed by atoms with Crippen molar-refractivity contribution < 1.29 is 15.0 Å². The number of ketones is 1. The van der Waals surface area contributed by atoms with E-state index in [-0.39, 0.29) is 17.3 Å². The van der Waals surface area contributed by atoms with Gasteiger partial charge in [-0.25, -0.2) is 0 Å². The Morgan fingerprint density at radius 3 is 2.32 bits per heavy atom. The first-order chi connectivity index (χ1) is 9.04. The van der Waals surface area contributed by atoms with Gasteiger partial charge in [0.25, 0.3) is 0 Å². The number of phenols is 2. The van der Waals surface area contributed by atoms with Crippen molar-refractivity contribution >= 4 is 5.78 Å². The van der Waals surface area contributed by atoms with Crippen molar-refractivity contribution in [1.82, 2.24) is 9.80 Å². The second-order valence-electron chi connectivity index (χ2n) is 5.08. The summed E-state index contributed by atoms with van der Waals surface area (Å²) in [7, 11) is 0. The van der Waals surface area contributed by atoms with Gasteiger partial charge >= 0.3 is 0 Å². The zero-order valence-electron chi connectivity index (χ0n) is 11.2. The smallest absolute Gasteiger partial charge is 0.157 e. The zero-order chi connectivity index (χ0) is 13.8. The first-order valence-electron chi connectivity index (χ1n) is 6.49. The van der Waals surface area contributed by atoms with E-state index in [1.54, 1.807) is 13.0 Å². The standard InChI is InChI=1S/C14H20N2O3/c1-11(17)9-15-4-6-16(7-5-15)10-12-2-3-13(18)14(19)8-12/h2-3,8,18-19H,4-7,9-10H2,1H3. The third kappa shape index (κ3) is 3.94. The average molecular weight is 264 g/mol. The minimum atomic E-state index is -0.0879. The molecule has 0 atom stereocenters. The Labute approximate surface area is 113 Å². The van der Waals surface area contributed by atoms with Crippen LogP contribution in [0.1, 0.15) is 12.5 Å². The Bertz CT molecular complexity index is 454. The number of nitrogens with zero attached hydrogens (tertiary/aromatic N) is 2. The third-order valence-corrected chi connectivity index (χ3v) is 3.36. The summed E-state index contributed by atoms with van der Waals surface area (Å²) in [5, 5.41) is 18.7. The van der Waals surface area contributed by atoms with E-state index in [1.807, 2.05) is 6.07 Å². The predicted molar refractivity (Wildman–Crippen MR) is 72.2 cm³/mol. The Hall–Kier alpha value is -1.59. The number of rotatable bonds is 4. The molecular weight excluding hydrogens is 244 g/mol. The molecule has 0 aromatic heterocycles. The molecule has 1 aromatic carbocycles. The number of piperazine rings is 1. The van der Waals surface area contributed by atoms with Crippen molar-refractivity contribution in [3.63, 3.8) is 0 Å². The molecule has 0 saturated carbocycles. The Balaban J connectivity index is 1.85. The van der Waals surface area contributed by atoms with Crippen LogP contribution in [-0.2, 0) is 11.3 Å². The molecule has 1 aliphatic heterocycles. The second-order valence-corrected chi connectivity index (χ2v) is 5.08. The molecule has 0 aliphatic carbocycles. The van der Waals surface area contributed by atoms with Gasteiger partial charge in [-0.2, -0.15) is 0 Å². The van der Waals surface area contributed by atoms with Gasteiger partial charge in [0.05, 0.1) is 6.54 Å². The minimum absolute atomic E-state index is 0.0762. The van der Waals surface area contributed by atoms with Crippen LogP contribution in [0.2, 0.25) is 0 Å². The van der Waals surface area contributed by atoms with Gasteiger partial charge in [0.1, 0.15) is 5.78 Å². The van der Waals surface area contributed by atoms with Gasteiger partial charge in [-0.1, -0.05) is 6.07 Å². The SMILES string of the molecule is CC(=O)CN1CCN(Cc2ccc(O)c(O)c2)CC1. The summed E-state index contributed by atoms with van der Waals surface area (Å²) in [6.45, 7) is 6.51. The monoisotopic (exact) mass is 264 g/mol. The van der Waals surface area contributed by atoms with Crippen molar-refractivity contribution in [2.45, 2.75) is 13.5 Å². The highest BCUT2D eigenvalue weighted by atomic mass is 16.3. The summed E-state index contributed by atoms with van der Waals surface area (Å²) in [6, 6.07) is 4.92. The molecule has 1 saturated heterocycles. The number of hydrogen-bond donors (Lipinski definition) is 2. The van der Waals surface area contributed by atoms with Crippen LogP contribution >= 0.6 is 0 Å². The lowest BCUT2D eigenvalue weighted by atomic mass is 10.1. The molecule has 0 bridgehead atoms. The highest BCUT2D eigenvalue weighted by molar-refractivity contribution is 5.77. The van der Waals surface area contributed by atoms with Crippen molar-refractivity contribution in [3.05, 3.63) is 23.8 Å². The van der Waals surface area contributed by atoms with Crippen molar-refractivity contribution in [2.24, 2.45) is 0 Å². The molecule has 5 nitrogen and oxygen atoms in total. The fraction of sp³-hybridized carbons (Fsp3) is 0.500. The summed E-state index contributed by atoms with van der Waals surface area (Å²) >= 11 is 0. The number of aromatic hydroxyl groups is 2. The molecule has 19 heavy (non-hydrogen) atoms. The average Bonchev–Trinajstić information content (AvgIpc) is 2.36. The van der Waals surface area contributed by atoms with Gasteiger partial charge < -0.3 is 10.2 Å². The molecule has 1 aromatic rings. The van der Waals surface area contributed by atoms with Crippen LogP contribution in [0, 0.1) is 0 Å². The molecule has 0 radical (unpaired) electrons. The highest BCUT2D eigenvalue weighted by Crippen LogP contribution is 2.25. The van der Waals surface area contributed by atoms with E-state index in [0.29, 0.717) is 6.54 Å². The summed E-state index contributed by atoms with van der Waals surface area (Å²) < 4.78 is 0. The lowest BCUT2D eigenvalue weighted by molar-refractivity contribution is -0.118. The van der Waals surface area contributed by atoms with Crippen molar-refractivity contribution in [1.29, 1.82) is 0 Å². The number of Topliss-reactive ketones (excluding diaryl/α,β-unsaturated/α-hetero) is 1. The Kier molecular flexibility index (Phi) is 4.39. The number of benzene rings is 1. The van der Waals surface area contributed by atoms with E-state index < -0.39 is 0 Å². The lowest BCUT2D eigenvalue weighted by Gasteiger charge is -2.34. The maximum atomic E-state index is 11.0. The molecule has 104 valence electrons. The van der Waals surface area contributed by atoms with Gasteiger partial charge in [0.15, 0.2) is 11.5 Å². The van der Waals surface area contributed by atoms with Gasteiger partial charge in [-0.05, 0) is 24.6 Å². The predicted octanol–water partition coefficient (Wildman–Crippen LogP) is 0.804. The maximum absolute atomic E-state index is 11.0. The first kappa shape index (κ1) is 13.8. The fourth-order valence-corrected chi connectivity index (χ4v) is 2.35. The van der Waals surface area contributed by atoms with Crippen LogP contribution < -0.4 is 0 Å². The molecule has 1 fully saturated rings. The van der Waals surface area contributed by atoms with Crippen LogP contribution in [-0.4, -0.2) is 58.5 Å². The summed E-state index contributed by atoms with van der Waals surface area (Å²) in [5.41, 5.74) is 0.982.